The molecule has 0 aliphatic rings. The van der Waals surface area contributed by atoms with Crippen molar-refractivity contribution in [2.45, 2.75) is 11.3 Å². The van der Waals surface area contributed by atoms with E-state index in [1.807, 2.05) is 0 Å². The number of aromatic nitrogens is 1. The first-order chi connectivity index (χ1) is 7.38. The number of halogens is 3. The largest absolute Gasteiger partial charge is 0.435 e. The number of benzene rings is 1. The van der Waals surface area contributed by atoms with Crippen molar-refractivity contribution < 1.29 is 21.6 Å². The van der Waals surface area contributed by atoms with Gasteiger partial charge in [0.05, 0.1) is 4.90 Å². The van der Waals surface area contributed by atoms with Crippen LogP contribution in [0.4, 0.5) is 8.78 Å². The molecule has 0 bridgehead atoms. The van der Waals surface area contributed by atoms with Gasteiger partial charge in [0.2, 0.25) is 0 Å². The summed E-state index contributed by atoms with van der Waals surface area (Å²) in [5.74, 6) is -0.751. The molecule has 0 aliphatic carbocycles. The molecule has 1 aromatic heterocycles. The molecule has 0 fully saturated rings. The average molecular weight is 268 g/mol. The van der Waals surface area contributed by atoms with Crippen molar-refractivity contribution in [2.24, 2.45) is 0 Å². The zero-order chi connectivity index (χ0) is 11.9. The highest BCUT2D eigenvalue weighted by atomic mass is 35.7. The second-order valence-electron chi connectivity index (χ2n) is 2.92. The smallest absolute Gasteiger partial charge is 0.313 e. The molecule has 0 radical (unpaired) electrons. The lowest BCUT2D eigenvalue weighted by Crippen LogP contribution is -1.89. The molecule has 0 N–H and O–H groups in total. The summed E-state index contributed by atoms with van der Waals surface area (Å²) in [7, 11) is 1.19. The third kappa shape index (κ3) is 2.00. The van der Waals surface area contributed by atoms with Gasteiger partial charge in [-0.3, -0.25) is 0 Å². The third-order valence-corrected chi connectivity index (χ3v) is 3.20. The van der Waals surface area contributed by atoms with Crippen LogP contribution in [-0.4, -0.2) is 13.4 Å². The van der Waals surface area contributed by atoms with E-state index in [1.165, 1.54) is 6.07 Å². The normalized spacial score (nSPS) is 12.5. The van der Waals surface area contributed by atoms with Crippen molar-refractivity contribution in [2.75, 3.05) is 0 Å². The fraction of sp³-hybridized carbons (Fsp3) is 0.125. The molecular formula is C8H4ClF2NO3S. The molecule has 0 amide bonds. The van der Waals surface area contributed by atoms with E-state index in [1.54, 1.807) is 0 Å². The van der Waals surface area contributed by atoms with Crippen molar-refractivity contribution in [3.05, 3.63) is 24.1 Å². The van der Waals surface area contributed by atoms with E-state index in [-0.39, 0.29) is 16.0 Å². The molecular weight excluding hydrogens is 264 g/mol. The first-order valence-electron chi connectivity index (χ1n) is 4.01. The van der Waals surface area contributed by atoms with E-state index in [4.69, 9.17) is 15.1 Å². The molecule has 16 heavy (non-hydrogen) atoms. The van der Waals surface area contributed by atoms with E-state index >= 15 is 0 Å². The van der Waals surface area contributed by atoms with Crippen LogP contribution < -0.4 is 0 Å². The highest BCUT2D eigenvalue weighted by molar-refractivity contribution is 8.13. The van der Waals surface area contributed by atoms with Crippen molar-refractivity contribution in [1.29, 1.82) is 0 Å². The minimum atomic E-state index is -3.90. The van der Waals surface area contributed by atoms with Gasteiger partial charge in [0.1, 0.15) is 5.52 Å². The van der Waals surface area contributed by atoms with Crippen molar-refractivity contribution in [3.8, 4) is 0 Å². The van der Waals surface area contributed by atoms with Crippen LogP contribution in [0.25, 0.3) is 11.1 Å². The zero-order valence-corrected chi connectivity index (χ0v) is 9.10. The van der Waals surface area contributed by atoms with Crippen molar-refractivity contribution >= 4 is 30.8 Å². The summed E-state index contributed by atoms with van der Waals surface area (Å²) in [6.07, 6.45) is -2.84. The van der Waals surface area contributed by atoms with E-state index in [9.17, 15) is 17.2 Å². The quantitative estimate of drug-likeness (QED) is 0.785. The van der Waals surface area contributed by atoms with Gasteiger partial charge in [-0.05, 0) is 18.2 Å². The number of fused-ring (bicyclic) bond motifs is 1. The van der Waals surface area contributed by atoms with E-state index in [0.717, 1.165) is 12.1 Å². The standard InChI is InChI=1S/C8H4ClF2NO3S/c9-16(13,14)4-1-2-6-5(3-4)12-8(15-6)7(10)11/h1-3,7H. The Morgan fingerprint density at radius 2 is 2.06 bits per heavy atom. The van der Waals surface area contributed by atoms with Crippen LogP contribution in [0.3, 0.4) is 0 Å². The minimum absolute atomic E-state index is 0.0250. The third-order valence-electron chi connectivity index (χ3n) is 1.84. The lowest BCUT2D eigenvalue weighted by molar-refractivity contribution is 0.117. The summed E-state index contributed by atoms with van der Waals surface area (Å²) in [5, 5.41) is 0. The Hall–Kier alpha value is -1.21. The highest BCUT2D eigenvalue weighted by Gasteiger charge is 2.17. The molecule has 1 aromatic carbocycles. The van der Waals surface area contributed by atoms with Gasteiger partial charge in [-0.25, -0.2) is 13.4 Å². The number of alkyl halides is 2. The van der Waals surface area contributed by atoms with Gasteiger partial charge in [-0.15, -0.1) is 0 Å². The van der Waals surface area contributed by atoms with Crippen LogP contribution in [0.2, 0.25) is 0 Å². The summed E-state index contributed by atoms with van der Waals surface area (Å²) < 4.78 is 51.1. The van der Waals surface area contributed by atoms with E-state index in [0.29, 0.717) is 0 Å². The monoisotopic (exact) mass is 267 g/mol. The Morgan fingerprint density at radius 3 is 2.62 bits per heavy atom. The SMILES string of the molecule is O=S(=O)(Cl)c1ccc2oc(C(F)F)nc2c1. The van der Waals surface area contributed by atoms with Crippen molar-refractivity contribution in [3.63, 3.8) is 0 Å². The highest BCUT2D eigenvalue weighted by Crippen LogP contribution is 2.26. The minimum Gasteiger partial charge on any atom is -0.435 e. The van der Waals surface area contributed by atoms with Crippen LogP contribution in [0.5, 0.6) is 0 Å². The summed E-state index contributed by atoms with van der Waals surface area (Å²) in [4.78, 5) is 3.23. The van der Waals surface area contributed by atoms with Crippen LogP contribution in [0.15, 0.2) is 27.5 Å². The average Bonchev–Trinajstić information content (AvgIpc) is 2.58. The fourth-order valence-electron chi connectivity index (χ4n) is 1.17. The van der Waals surface area contributed by atoms with E-state index in [2.05, 4.69) is 4.98 Å². The molecule has 0 saturated carbocycles. The van der Waals surface area contributed by atoms with Gasteiger partial charge in [0.25, 0.3) is 14.9 Å². The lowest BCUT2D eigenvalue weighted by atomic mass is 10.3. The number of rotatable bonds is 2. The van der Waals surface area contributed by atoms with Crippen LogP contribution in [0, 0.1) is 0 Å². The Labute approximate surface area is 93.3 Å². The molecule has 8 heteroatoms. The number of nitrogens with zero attached hydrogens (tertiary/aromatic N) is 1. The van der Waals surface area contributed by atoms with Crippen molar-refractivity contribution in [1.82, 2.24) is 4.98 Å². The predicted molar refractivity (Wildman–Crippen MR) is 52.0 cm³/mol. The number of hydrogen-bond donors (Lipinski definition) is 0. The second kappa shape index (κ2) is 3.67. The molecule has 2 rings (SSSR count). The van der Waals surface area contributed by atoms with Crippen LogP contribution in [-0.2, 0) is 9.05 Å². The molecule has 0 saturated heterocycles. The predicted octanol–water partition coefficient (Wildman–Crippen LogP) is 2.69. The lowest BCUT2D eigenvalue weighted by Gasteiger charge is -1.93. The maximum absolute atomic E-state index is 12.2. The molecule has 86 valence electrons. The van der Waals surface area contributed by atoms with Crippen LogP contribution in [0.1, 0.15) is 12.3 Å². The first kappa shape index (κ1) is 11.3. The Kier molecular flexibility index (Phi) is 2.59. The van der Waals surface area contributed by atoms with Gasteiger partial charge >= 0.3 is 6.43 Å². The molecule has 0 spiro atoms. The summed E-state index contributed by atoms with van der Waals surface area (Å²) in [6, 6.07) is 3.46. The molecule has 0 unspecified atom stereocenters. The molecule has 2 aromatic rings. The second-order valence-corrected chi connectivity index (χ2v) is 5.49. The fourth-order valence-corrected chi connectivity index (χ4v) is 1.94. The maximum atomic E-state index is 12.2. The Bertz CT molecular complexity index is 638. The molecule has 1 heterocycles. The first-order valence-corrected chi connectivity index (χ1v) is 6.32. The number of oxazole rings is 1. The van der Waals surface area contributed by atoms with Gasteiger partial charge < -0.3 is 4.42 Å². The zero-order valence-electron chi connectivity index (χ0n) is 7.52. The van der Waals surface area contributed by atoms with E-state index < -0.39 is 21.4 Å². The van der Waals surface area contributed by atoms with Gasteiger partial charge in [-0.1, -0.05) is 0 Å². The summed E-state index contributed by atoms with van der Waals surface area (Å²) in [6.45, 7) is 0. The molecule has 0 aliphatic heterocycles. The van der Waals surface area contributed by atoms with Crippen LogP contribution >= 0.6 is 10.7 Å². The summed E-state index contributed by atoms with van der Waals surface area (Å²) >= 11 is 0. The maximum Gasteiger partial charge on any atom is 0.313 e. The van der Waals surface area contributed by atoms with Gasteiger partial charge in [-0.2, -0.15) is 8.78 Å². The molecule has 0 atom stereocenters. The van der Waals surface area contributed by atoms with Gasteiger partial charge in [0.15, 0.2) is 5.58 Å². The topological polar surface area (TPSA) is 60.2 Å². The summed E-state index contributed by atoms with van der Waals surface area (Å²) in [5.41, 5.74) is 0.108. The Morgan fingerprint density at radius 1 is 1.38 bits per heavy atom. The Balaban J connectivity index is 2.63. The number of hydrogen-bond acceptors (Lipinski definition) is 4. The molecule has 4 nitrogen and oxygen atoms in total. The van der Waals surface area contributed by atoms with Gasteiger partial charge in [0, 0.05) is 10.7 Å².